The standard InChI is InChI=1S/C17H20FN4O13P3.C17H21N4O13P3.6Na/c18-9-3-1-8(2-4-9)10-5-22(16-12(10)15(19)20-7-21-16)17-14(24)13(23)11(33-17)6-32-37(28,29)35-38(30,31)34-36(25,26)27;18-15-12-10(9-4-2-1-3-5-9)6-21(16(12)20-8-19-15)17-14(23)13(22)11(32-17)7-31-36(27,28)34-37(29,30)33-35(24,25)26;;;;;;/h1-5,7,11,13-14,17,23-24H,6H2,(H,28,29)(H,30,31)(H2,19,20,21)(H2,25,26,27);1-6,8,11,13-14,17,22-23H,7H2,(H,27,28)(H,29,30)(H2,18,19,20)(H2,24,25,26);;;;;;/q;;6*+1/p-6/t2*11-,13?,14+,17-;;;;;;/m11....../s1. The summed E-state index contributed by atoms with van der Waals surface area (Å²) in [6.45, 7) is -2.17. The van der Waals surface area contributed by atoms with Crippen molar-refractivity contribution in [2.24, 2.45) is 0 Å². The number of aromatic nitrogens is 6. The quantitative estimate of drug-likeness (QED) is 0.0293. The van der Waals surface area contributed by atoms with E-state index in [0.717, 1.165) is 11.9 Å². The molecule has 8 rings (SSSR count). The van der Waals surface area contributed by atoms with Gasteiger partial charge in [-0.2, -0.15) is 0 Å². The fourth-order valence-corrected chi connectivity index (χ4v) is 13.2. The first-order valence-electron chi connectivity index (χ1n) is 20.3. The summed E-state index contributed by atoms with van der Waals surface area (Å²) in [5.74, 6) is -0.352. The summed E-state index contributed by atoms with van der Waals surface area (Å²) in [5.41, 5.74) is 14.6. The summed E-state index contributed by atoms with van der Waals surface area (Å²) in [6, 6.07) is 14.2. The van der Waals surface area contributed by atoms with Gasteiger partial charge in [-0.15, -0.1) is 0 Å². The summed E-state index contributed by atoms with van der Waals surface area (Å²) >= 11 is 0. The van der Waals surface area contributed by atoms with Crippen LogP contribution < -0.4 is 218 Å². The number of aliphatic hydroxyl groups excluding tert-OH is 4. The predicted octanol–water partition coefficient (Wildman–Crippen LogP) is -20.3. The zero-order valence-electron chi connectivity index (χ0n) is 42.8. The summed E-state index contributed by atoms with van der Waals surface area (Å²) < 4.78 is 117. The minimum Gasteiger partial charge on any atom is -0.756 e. The van der Waals surface area contributed by atoms with Crippen LogP contribution in [-0.4, -0.2) is 109 Å². The Balaban J connectivity index is 0.000000754. The van der Waals surface area contributed by atoms with E-state index in [4.69, 9.17) is 30.7 Å². The van der Waals surface area contributed by atoms with E-state index >= 15 is 0 Å². The van der Waals surface area contributed by atoms with Crippen molar-refractivity contribution in [1.82, 2.24) is 29.1 Å². The first-order chi connectivity index (χ1) is 34.7. The second-order valence-corrected chi connectivity index (χ2v) is 24.0. The van der Waals surface area contributed by atoms with Gasteiger partial charge in [0.15, 0.2) is 12.5 Å². The Labute approximate surface area is 587 Å². The third-order valence-electron chi connectivity index (χ3n) is 10.3. The summed E-state index contributed by atoms with van der Waals surface area (Å²) in [5, 5.41) is 42.8. The molecule has 2 aliphatic rings. The second-order valence-electron chi connectivity index (χ2n) is 15.4. The van der Waals surface area contributed by atoms with E-state index < -0.39 is 115 Å². The number of hydrogen-bond acceptors (Lipinski definition) is 30. The molecule has 0 saturated carbocycles. The van der Waals surface area contributed by atoms with Crippen molar-refractivity contribution in [2.45, 2.75) is 49.1 Å². The monoisotopic (exact) mass is 1310 g/mol. The van der Waals surface area contributed by atoms with E-state index in [2.05, 4.69) is 46.2 Å². The van der Waals surface area contributed by atoms with Gasteiger partial charge in [0, 0.05) is 23.5 Å². The Kier molecular flexibility index (Phi) is 32.6. The summed E-state index contributed by atoms with van der Waals surface area (Å²) in [6.07, 6.45) is -7.52. The van der Waals surface area contributed by atoms with E-state index in [0.29, 0.717) is 27.5 Å². The molecule has 2 saturated heterocycles. The molecule has 0 radical (unpaired) electrons. The number of rotatable bonds is 18. The topological polar surface area (TPSA) is 549 Å². The van der Waals surface area contributed by atoms with E-state index in [1.807, 2.05) is 0 Å². The van der Waals surface area contributed by atoms with Crippen molar-refractivity contribution in [3.63, 3.8) is 0 Å². The molecule has 0 spiro atoms. The first kappa shape index (κ1) is 80.8. The number of nitrogen functional groups attached to an aromatic ring is 2. The molecule has 4 aromatic heterocycles. The third-order valence-corrected chi connectivity index (χ3v) is 17.7. The van der Waals surface area contributed by atoms with E-state index in [1.54, 1.807) is 30.3 Å². The van der Waals surface area contributed by atoms with Crippen molar-refractivity contribution >= 4 is 80.6 Å². The molecule has 410 valence electrons. The summed E-state index contributed by atoms with van der Waals surface area (Å²) in [7, 11) is -35.7. The molecule has 0 aliphatic carbocycles. The maximum absolute atomic E-state index is 13.4. The number of hydrogen-bond donors (Lipinski definition) is 8. The number of benzene rings is 2. The van der Waals surface area contributed by atoms with E-state index in [1.165, 1.54) is 52.1 Å². The average molecular weight is 1310 g/mol. The Hall–Kier alpha value is 1.79. The molecule has 47 heteroatoms. The van der Waals surface area contributed by atoms with Crippen LogP contribution in [0.15, 0.2) is 79.6 Å². The van der Waals surface area contributed by atoms with Gasteiger partial charge in [0.2, 0.25) is 0 Å². The fraction of sp³-hybridized carbons (Fsp3) is 0.294. The van der Waals surface area contributed by atoms with Crippen molar-refractivity contribution < 1.29 is 304 Å². The predicted molar refractivity (Wildman–Crippen MR) is 233 cm³/mol. The molecule has 2 aromatic carbocycles. The number of phosphoric acid groups is 6. The van der Waals surface area contributed by atoms with E-state index in [-0.39, 0.29) is 200 Å². The van der Waals surface area contributed by atoms with Crippen molar-refractivity contribution in [3.05, 3.63) is 85.5 Å². The molecule has 6 aromatic rings. The first-order valence-corrected chi connectivity index (χ1v) is 29.1. The number of nitrogens with two attached hydrogens (primary N) is 2. The van der Waals surface area contributed by atoms with Crippen LogP contribution in [0.2, 0.25) is 0 Å². The minimum atomic E-state index is -6.13. The molecule has 6 heterocycles. The molecular formula is C34H35FN8Na6O26P6. The Morgan fingerprint density at radius 2 is 0.864 bits per heavy atom. The number of ether oxygens (including phenoxy) is 2. The van der Waals surface area contributed by atoms with Gasteiger partial charge in [-0.3, -0.25) is 27.4 Å². The molecule has 2 aliphatic heterocycles. The number of aliphatic hydroxyl groups is 4. The van der Waals surface area contributed by atoms with Crippen molar-refractivity contribution in [2.75, 3.05) is 24.7 Å². The molecule has 0 bridgehead atoms. The summed E-state index contributed by atoms with van der Waals surface area (Å²) in [4.78, 5) is 100. The maximum atomic E-state index is 13.4. The normalized spacial score (nSPS) is 24.8. The average Bonchev–Trinajstić information content (AvgIpc) is 4.02. The van der Waals surface area contributed by atoms with Gasteiger partial charge in [-0.1, -0.05) is 42.5 Å². The van der Waals surface area contributed by atoms with Crippen LogP contribution in [0.1, 0.15) is 12.5 Å². The molecule has 10 N–H and O–H groups in total. The smallest absolute Gasteiger partial charge is 0.756 e. The maximum Gasteiger partial charge on any atom is 1.00 e. The number of anilines is 2. The van der Waals surface area contributed by atoms with Crippen LogP contribution >= 0.6 is 46.9 Å². The number of phosphoric ester groups is 2. The van der Waals surface area contributed by atoms with Gasteiger partial charge in [-0.25, -0.2) is 41.6 Å². The van der Waals surface area contributed by atoms with Gasteiger partial charge in [0.1, 0.15) is 78.0 Å². The van der Waals surface area contributed by atoms with E-state index in [9.17, 15) is 81.6 Å². The molecule has 0 amide bonds. The van der Waals surface area contributed by atoms with Crippen molar-refractivity contribution in [3.8, 4) is 22.3 Å². The third kappa shape index (κ3) is 21.5. The van der Waals surface area contributed by atoms with Gasteiger partial charge in [0.25, 0.3) is 46.9 Å². The molecule has 8 unspecified atom stereocenters. The van der Waals surface area contributed by atoms with Crippen LogP contribution in [0.25, 0.3) is 44.3 Å². The van der Waals surface area contributed by atoms with Crippen molar-refractivity contribution in [1.29, 1.82) is 0 Å². The Morgan fingerprint density at radius 1 is 0.519 bits per heavy atom. The number of nitrogens with zero attached hydrogens (tertiary/aromatic N) is 6. The minimum absolute atomic E-state index is 0. The number of halogens is 1. The molecule has 34 nitrogen and oxygen atoms in total. The zero-order chi connectivity index (χ0) is 55.2. The Morgan fingerprint density at radius 3 is 1.21 bits per heavy atom. The van der Waals surface area contributed by atoms with Crippen LogP contribution in [-0.2, 0) is 63.2 Å². The SMILES string of the molecule is Nc1ncnc2c1c(-c1ccc(F)cc1)cn2[C@@H]1O[C@H](COP(=O)([O-])OP(=O)([O-])OP(=O)([O-])O)C(O)[C@@H]1O.Nc1ncnc2c1c(-c1ccccc1)cn2[C@@H]1O[C@H](COP(=O)([O-])OP(=O)([O-])OP(=O)([O-])O)C(O)[C@@H]1O.[Na+].[Na+].[Na+].[Na+].[Na+].[Na+]. The van der Waals surface area contributed by atoms with Crippen LogP contribution in [0.5, 0.6) is 0 Å². The van der Waals surface area contributed by atoms with Gasteiger partial charge in [-0.05, 0) is 23.3 Å². The second kappa shape index (κ2) is 32.7. The fourth-order valence-electron chi connectivity index (χ4n) is 7.39. The number of fused-ring (bicyclic) bond motifs is 2. The van der Waals surface area contributed by atoms with Gasteiger partial charge in [0.05, 0.1) is 24.0 Å². The molecule has 14 atom stereocenters. The van der Waals surface area contributed by atoms with Gasteiger partial charge >= 0.3 is 177 Å². The largest absolute Gasteiger partial charge is 1.00 e. The zero-order valence-corrected chi connectivity index (χ0v) is 60.2. The van der Waals surface area contributed by atoms with Crippen LogP contribution in [0.4, 0.5) is 16.0 Å². The molecule has 2 fully saturated rings. The molecular weight excluding hydrogens is 1280 g/mol. The van der Waals surface area contributed by atoms with Crippen LogP contribution in [0.3, 0.4) is 0 Å². The molecule has 81 heavy (non-hydrogen) atoms. The van der Waals surface area contributed by atoms with Gasteiger partial charge < -0.3 is 98.7 Å². The Bertz CT molecular complexity index is 3380. The van der Waals surface area contributed by atoms with Crippen LogP contribution in [0, 0.1) is 5.82 Å².